The van der Waals surface area contributed by atoms with Gasteiger partial charge in [-0.3, -0.25) is 14.5 Å². The Morgan fingerprint density at radius 2 is 1.61 bits per heavy atom. The van der Waals surface area contributed by atoms with Crippen LogP contribution in [0, 0.1) is 0 Å². The van der Waals surface area contributed by atoms with Gasteiger partial charge in [-0.1, -0.05) is 38.7 Å². The summed E-state index contributed by atoms with van der Waals surface area (Å²) in [6.45, 7) is 7.04. The van der Waals surface area contributed by atoms with Crippen LogP contribution in [0.5, 0.6) is 0 Å². The lowest BCUT2D eigenvalue weighted by atomic mass is 9.79. The first-order valence-electron chi connectivity index (χ1n) is 9.28. The molecule has 9 heteroatoms. The lowest BCUT2D eigenvalue weighted by Gasteiger charge is -2.57. The molecule has 0 saturated carbocycles. The molecule has 0 bridgehead atoms. The van der Waals surface area contributed by atoms with Crippen molar-refractivity contribution in [3.63, 3.8) is 0 Å². The number of carbonyl (C=O) groups is 2. The zero-order valence-electron chi connectivity index (χ0n) is 16.4. The second kappa shape index (κ2) is 7.01. The topological polar surface area (TPSA) is 128 Å². The van der Waals surface area contributed by atoms with E-state index in [1.54, 1.807) is 19.1 Å². The molecule has 4 N–H and O–H groups in total. The normalized spacial score (nSPS) is 34.5. The molecular weight excluding hydrogens is 382 g/mol. The van der Waals surface area contributed by atoms with Gasteiger partial charge in [0.25, 0.3) is 11.8 Å². The van der Waals surface area contributed by atoms with Crippen LogP contribution in [0.15, 0.2) is 24.3 Å². The Labute approximate surface area is 164 Å². The van der Waals surface area contributed by atoms with Crippen molar-refractivity contribution >= 4 is 19.9 Å². The van der Waals surface area contributed by atoms with E-state index < -0.39 is 62.2 Å². The van der Waals surface area contributed by atoms with E-state index in [0.717, 1.165) is 4.90 Å². The van der Waals surface area contributed by atoms with E-state index in [2.05, 4.69) is 0 Å². The van der Waals surface area contributed by atoms with Gasteiger partial charge in [0.05, 0.1) is 25.8 Å². The van der Waals surface area contributed by atoms with Gasteiger partial charge in [-0.15, -0.1) is 0 Å². The smallest absolute Gasteiger partial charge is 0.262 e. The molecule has 1 saturated heterocycles. The number of aliphatic hydroxyl groups is 4. The lowest BCUT2D eigenvalue weighted by Crippen LogP contribution is -2.77. The maximum Gasteiger partial charge on any atom is 0.262 e. The highest BCUT2D eigenvalue weighted by molar-refractivity contribution is 6.77. The molecule has 6 atom stereocenters. The van der Waals surface area contributed by atoms with Crippen LogP contribution in [0.4, 0.5) is 0 Å². The second-order valence-electron chi connectivity index (χ2n) is 8.61. The summed E-state index contributed by atoms with van der Waals surface area (Å²) in [5, 5.41) is 42.1. The highest BCUT2D eigenvalue weighted by atomic mass is 28.3. The molecule has 0 radical (unpaired) electrons. The van der Waals surface area contributed by atoms with Crippen molar-refractivity contribution in [1.29, 1.82) is 0 Å². The first-order valence-corrected chi connectivity index (χ1v) is 12.9. The maximum atomic E-state index is 13.2. The van der Waals surface area contributed by atoms with Crippen molar-refractivity contribution in [3.8, 4) is 0 Å². The summed E-state index contributed by atoms with van der Waals surface area (Å²) in [5.41, 5.74) is -2.08. The number of amides is 2. The van der Waals surface area contributed by atoms with Gasteiger partial charge in [0, 0.05) is 0 Å². The molecule has 2 amide bonds. The molecule has 1 fully saturated rings. The second-order valence-corrected chi connectivity index (χ2v) is 14.2. The summed E-state index contributed by atoms with van der Waals surface area (Å²) in [7, 11) is -2.22. The van der Waals surface area contributed by atoms with E-state index >= 15 is 0 Å². The van der Waals surface area contributed by atoms with Crippen molar-refractivity contribution in [1.82, 2.24) is 4.90 Å². The van der Waals surface area contributed by atoms with Gasteiger partial charge in [0.1, 0.15) is 23.9 Å². The average molecular weight is 410 g/mol. The summed E-state index contributed by atoms with van der Waals surface area (Å²) in [5.74, 6) is -1.30. The Morgan fingerprint density at radius 3 is 2.04 bits per heavy atom. The number of hydrogen-bond acceptors (Lipinski definition) is 7. The van der Waals surface area contributed by atoms with Crippen molar-refractivity contribution in [3.05, 3.63) is 35.4 Å². The fourth-order valence-electron chi connectivity index (χ4n) is 4.27. The molecule has 2 aliphatic heterocycles. The van der Waals surface area contributed by atoms with Crippen LogP contribution >= 0.6 is 0 Å². The molecule has 2 heterocycles. The molecule has 0 aromatic heterocycles. The monoisotopic (exact) mass is 409 g/mol. The van der Waals surface area contributed by atoms with Crippen LogP contribution in [0.1, 0.15) is 27.6 Å². The van der Waals surface area contributed by atoms with Crippen LogP contribution in [0.3, 0.4) is 0 Å². The first kappa shape index (κ1) is 21.1. The molecule has 3 rings (SSSR count). The van der Waals surface area contributed by atoms with E-state index in [4.69, 9.17) is 4.74 Å². The summed E-state index contributed by atoms with van der Waals surface area (Å²) in [6.07, 6.45) is -6.29. The molecule has 28 heavy (non-hydrogen) atoms. The largest absolute Gasteiger partial charge is 0.394 e. The first-order chi connectivity index (χ1) is 13.0. The summed E-state index contributed by atoms with van der Waals surface area (Å²) in [6, 6.07) is 6.28. The van der Waals surface area contributed by atoms with Gasteiger partial charge < -0.3 is 25.2 Å². The molecular formula is C19H27NO7Si. The van der Waals surface area contributed by atoms with Crippen molar-refractivity contribution < 1.29 is 34.8 Å². The number of benzene rings is 1. The van der Waals surface area contributed by atoms with E-state index in [0.29, 0.717) is 0 Å². The van der Waals surface area contributed by atoms with Crippen molar-refractivity contribution in [2.75, 3.05) is 6.61 Å². The van der Waals surface area contributed by atoms with Crippen LogP contribution < -0.4 is 0 Å². The van der Waals surface area contributed by atoms with Crippen LogP contribution in [0.25, 0.3) is 0 Å². The lowest BCUT2D eigenvalue weighted by molar-refractivity contribution is -0.298. The van der Waals surface area contributed by atoms with Gasteiger partial charge in [-0.25, -0.2) is 0 Å². The molecule has 0 aliphatic carbocycles. The Bertz CT molecular complexity index is 760. The maximum absolute atomic E-state index is 13.2. The standard InChI is InChI=1S/C19H27NO7Si/c1-10(28(2,3)4)19(15(23)14(22)13(9-21)27-18(19)26)20-16(24)11-7-5-6-8-12(11)17(20)25/h5-8,10,13-15,18,21-23,26H,9H2,1-4H3/t10?,13-,14-,15+,18-,19-/m1/s1. The molecule has 154 valence electrons. The predicted octanol–water partition coefficient (Wildman–Crippen LogP) is 0.181. The molecule has 0 spiro atoms. The minimum Gasteiger partial charge on any atom is -0.394 e. The third-order valence-electron chi connectivity index (χ3n) is 6.23. The van der Waals surface area contributed by atoms with Crippen LogP contribution in [0.2, 0.25) is 25.2 Å². The van der Waals surface area contributed by atoms with Crippen LogP contribution in [-0.4, -0.2) is 82.0 Å². The zero-order valence-corrected chi connectivity index (χ0v) is 17.4. The quantitative estimate of drug-likeness (QED) is 0.413. The minimum absolute atomic E-state index is 0.174. The van der Waals surface area contributed by atoms with Gasteiger partial charge in [0.15, 0.2) is 6.29 Å². The number of nitrogens with zero attached hydrogens (tertiary/aromatic N) is 1. The van der Waals surface area contributed by atoms with Gasteiger partial charge >= 0.3 is 0 Å². The number of fused-ring (bicyclic) bond motifs is 1. The summed E-state index contributed by atoms with van der Waals surface area (Å²) >= 11 is 0. The summed E-state index contributed by atoms with van der Waals surface area (Å²) < 4.78 is 5.43. The fraction of sp³-hybridized carbons (Fsp3) is 0.579. The van der Waals surface area contributed by atoms with E-state index in [1.807, 2.05) is 19.6 Å². The molecule has 1 unspecified atom stereocenters. The number of hydrogen-bond donors (Lipinski definition) is 4. The van der Waals surface area contributed by atoms with Crippen molar-refractivity contribution in [2.45, 2.75) is 62.2 Å². The Balaban J connectivity index is 2.22. The number of imide groups is 1. The number of carbonyl (C=O) groups excluding carboxylic acids is 2. The van der Waals surface area contributed by atoms with Gasteiger partial charge in [0.2, 0.25) is 0 Å². The van der Waals surface area contributed by atoms with E-state index in [-0.39, 0.29) is 11.1 Å². The third-order valence-corrected chi connectivity index (χ3v) is 9.29. The predicted molar refractivity (Wildman–Crippen MR) is 102 cm³/mol. The highest BCUT2D eigenvalue weighted by Gasteiger charge is 2.67. The van der Waals surface area contributed by atoms with Crippen LogP contribution in [-0.2, 0) is 4.74 Å². The Hall–Kier alpha value is -1.62. The van der Waals surface area contributed by atoms with Crippen molar-refractivity contribution in [2.24, 2.45) is 0 Å². The Morgan fingerprint density at radius 1 is 1.11 bits per heavy atom. The van der Waals surface area contributed by atoms with E-state index in [1.165, 1.54) is 12.1 Å². The molecule has 8 nitrogen and oxygen atoms in total. The SMILES string of the molecule is CC([C@]1(N2C(=O)c3ccccc3C2=O)[C@H](O)O[C@H](CO)[C@@H](O)[C@@H]1O)[Si](C)(C)C. The van der Waals surface area contributed by atoms with E-state index in [9.17, 15) is 30.0 Å². The number of aliphatic hydroxyl groups excluding tert-OH is 4. The Kier molecular flexibility index (Phi) is 5.28. The molecule has 1 aromatic carbocycles. The summed E-state index contributed by atoms with van der Waals surface area (Å²) in [4.78, 5) is 27.3. The molecule has 1 aromatic rings. The minimum atomic E-state index is -2.22. The zero-order chi connectivity index (χ0) is 21.0. The highest BCUT2D eigenvalue weighted by Crippen LogP contribution is 2.49. The number of ether oxygens (including phenoxy) is 1. The fourth-order valence-corrected chi connectivity index (χ4v) is 6.10. The number of rotatable bonds is 4. The van der Waals surface area contributed by atoms with Gasteiger partial charge in [-0.05, 0) is 17.7 Å². The van der Waals surface area contributed by atoms with Gasteiger partial charge in [-0.2, -0.15) is 0 Å². The molecule has 2 aliphatic rings. The average Bonchev–Trinajstić information content (AvgIpc) is 2.90. The third kappa shape index (κ3) is 2.77.